The first-order valence-electron chi connectivity index (χ1n) is 6.73. The highest BCUT2D eigenvalue weighted by Gasteiger charge is 2.23. The van der Waals surface area contributed by atoms with Gasteiger partial charge in [-0.15, -0.1) is 0 Å². The quantitative estimate of drug-likeness (QED) is 0.856. The van der Waals surface area contributed by atoms with Gasteiger partial charge in [0.25, 0.3) is 0 Å². The minimum absolute atomic E-state index is 0.125. The third-order valence-corrected chi connectivity index (χ3v) is 2.59. The van der Waals surface area contributed by atoms with Crippen molar-refractivity contribution in [3.8, 4) is 5.75 Å². The Morgan fingerprint density at radius 1 is 1.19 bits per heavy atom. The van der Waals surface area contributed by atoms with Gasteiger partial charge in [-0.05, 0) is 45.4 Å². The lowest BCUT2D eigenvalue weighted by Crippen LogP contribution is -2.38. The minimum atomic E-state index is -0.649. The molecule has 0 spiro atoms. The highest BCUT2D eigenvalue weighted by Crippen LogP contribution is 2.14. The molecule has 1 aromatic carbocycles. The molecular formula is C16H22NO4. The summed E-state index contributed by atoms with van der Waals surface area (Å²) in [5, 5.41) is 0. The second-order valence-corrected chi connectivity index (χ2v) is 5.60. The molecule has 0 fully saturated rings. The molecule has 5 nitrogen and oxygen atoms in total. The van der Waals surface area contributed by atoms with Gasteiger partial charge in [-0.2, -0.15) is 0 Å². The molecule has 0 aliphatic heterocycles. The number of ether oxygens (including phenoxy) is 2. The predicted molar refractivity (Wildman–Crippen MR) is 80.0 cm³/mol. The Morgan fingerprint density at radius 3 is 2.24 bits per heavy atom. The molecule has 0 aliphatic carbocycles. The fourth-order valence-corrected chi connectivity index (χ4v) is 1.55. The van der Waals surface area contributed by atoms with Crippen LogP contribution in [0.3, 0.4) is 0 Å². The second kappa shape index (κ2) is 7.11. The summed E-state index contributed by atoms with van der Waals surface area (Å²) in [5.41, 5.74) is 0.172. The van der Waals surface area contributed by atoms with E-state index in [-0.39, 0.29) is 12.3 Å². The first-order chi connectivity index (χ1) is 9.73. The van der Waals surface area contributed by atoms with Crippen molar-refractivity contribution in [1.82, 2.24) is 4.90 Å². The van der Waals surface area contributed by atoms with Crippen LogP contribution in [0.4, 0.5) is 4.79 Å². The van der Waals surface area contributed by atoms with Crippen molar-refractivity contribution in [3.05, 3.63) is 36.8 Å². The van der Waals surface area contributed by atoms with E-state index >= 15 is 0 Å². The van der Waals surface area contributed by atoms with Crippen molar-refractivity contribution in [1.29, 1.82) is 0 Å². The summed E-state index contributed by atoms with van der Waals surface area (Å²) in [6.45, 7) is 9.20. The Morgan fingerprint density at radius 2 is 1.76 bits per heavy atom. The number of carbonyl (C=O) groups excluding carboxylic acids is 2. The van der Waals surface area contributed by atoms with E-state index in [1.54, 1.807) is 45.0 Å². The zero-order valence-corrected chi connectivity index (χ0v) is 13.0. The monoisotopic (exact) mass is 292 g/mol. The highest BCUT2D eigenvalue weighted by atomic mass is 16.6. The van der Waals surface area contributed by atoms with Crippen LogP contribution in [-0.4, -0.2) is 36.2 Å². The van der Waals surface area contributed by atoms with Gasteiger partial charge < -0.3 is 9.47 Å². The molecule has 0 saturated carbocycles. The summed E-state index contributed by atoms with van der Waals surface area (Å²) in [6, 6.07) is 7.10. The maximum Gasteiger partial charge on any atom is 0.416 e. The molecular weight excluding hydrogens is 270 g/mol. The molecule has 5 heteroatoms. The lowest BCUT2D eigenvalue weighted by molar-refractivity contribution is -0.128. The van der Waals surface area contributed by atoms with Crippen LogP contribution in [0.2, 0.25) is 0 Å². The molecule has 0 saturated heterocycles. The molecule has 21 heavy (non-hydrogen) atoms. The van der Waals surface area contributed by atoms with Gasteiger partial charge in [0.2, 0.25) is 5.91 Å². The second-order valence-electron chi connectivity index (χ2n) is 5.60. The van der Waals surface area contributed by atoms with E-state index in [9.17, 15) is 9.59 Å². The largest absolute Gasteiger partial charge is 0.494 e. The average Bonchev–Trinajstić information content (AvgIpc) is 2.38. The summed E-state index contributed by atoms with van der Waals surface area (Å²) >= 11 is 0. The van der Waals surface area contributed by atoms with E-state index in [4.69, 9.17) is 9.47 Å². The van der Waals surface area contributed by atoms with Crippen LogP contribution in [-0.2, 0) is 16.0 Å². The number of amides is 2. The van der Waals surface area contributed by atoms with E-state index in [0.29, 0.717) is 12.4 Å². The summed E-state index contributed by atoms with van der Waals surface area (Å²) in [6.07, 6.45) is -0.523. The van der Waals surface area contributed by atoms with E-state index in [2.05, 4.69) is 6.92 Å². The maximum absolute atomic E-state index is 12.0. The van der Waals surface area contributed by atoms with Crippen LogP contribution >= 0.6 is 0 Å². The Balaban J connectivity index is 2.61. The van der Waals surface area contributed by atoms with E-state index in [0.717, 1.165) is 10.5 Å². The smallest absolute Gasteiger partial charge is 0.416 e. The number of hydrogen-bond donors (Lipinski definition) is 0. The molecule has 0 bridgehead atoms. The number of benzene rings is 1. The van der Waals surface area contributed by atoms with Crippen molar-refractivity contribution in [2.45, 2.75) is 32.8 Å². The number of hydrogen-bond acceptors (Lipinski definition) is 4. The van der Waals surface area contributed by atoms with Crippen LogP contribution in [0.15, 0.2) is 24.3 Å². The molecule has 0 atom stereocenters. The lowest BCUT2D eigenvalue weighted by atomic mass is 10.1. The summed E-state index contributed by atoms with van der Waals surface area (Å²) in [4.78, 5) is 24.8. The zero-order chi connectivity index (χ0) is 16.0. The summed E-state index contributed by atoms with van der Waals surface area (Å²) in [7, 11) is 1.41. The molecule has 0 aliphatic rings. The first kappa shape index (κ1) is 17.0. The van der Waals surface area contributed by atoms with Crippen LogP contribution in [0.5, 0.6) is 5.75 Å². The predicted octanol–water partition coefficient (Wildman–Crippen LogP) is 2.84. The van der Waals surface area contributed by atoms with E-state index < -0.39 is 11.7 Å². The normalized spacial score (nSPS) is 10.9. The SMILES string of the molecule is [CH2]COc1ccc(CC(=O)N(C)C(=O)OC(C)(C)C)cc1. The van der Waals surface area contributed by atoms with Crippen LogP contribution in [0.1, 0.15) is 26.3 Å². The molecule has 1 radical (unpaired) electrons. The Kier molecular flexibility index (Phi) is 5.76. The molecule has 0 aromatic heterocycles. The zero-order valence-electron chi connectivity index (χ0n) is 13.0. The van der Waals surface area contributed by atoms with Crippen LogP contribution in [0.25, 0.3) is 0 Å². The lowest BCUT2D eigenvalue weighted by Gasteiger charge is -2.23. The van der Waals surface area contributed by atoms with Gasteiger partial charge in [-0.25, -0.2) is 4.79 Å². The van der Waals surface area contributed by atoms with Gasteiger partial charge in [-0.3, -0.25) is 9.69 Å². The van der Waals surface area contributed by atoms with Crippen LogP contribution < -0.4 is 4.74 Å². The standard InChI is InChI=1S/C16H22NO4/c1-6-20-13-9-7-12(8-10-13)11-14(18)17(5)15(19)21-16(2,3)4/h7-10H,1,6,11H2,2-5H3. The number of likely N-dealkylation sites (N-methyl/N-ethyl adjacent to an activating group) is 1. The molecule has 1 rings (SSSR count). The third-order valence-electron chi connectivity index (χ3n) is 2.59. The molecule has 115 valence electrons. The molecule has 0 heterocycles. The maximum atomic E-state index is 12.0. The average molecular weight is 292 g/mol. The van der Waals surface area contributed by atoms with Gasteiger partial charge in [0, 0.05) is 7.05 Å². The van der Waals surface area contributed by atoms with E-state index in [1.807, 2.05) is 0 Å². The van der Waals surface area contributed by atoms with Crippen molar-refractivity contribution < 1.29 is 19.1 Å². The van der Waals surface area contributed by atoms with Crippen molar-refractivity contribution in [2.75, 3.05) is 13.7 Å². The number of imide groups is 1. The summed E-state index contributed by atoms with van der Waals surface area (Å²) in [5.74, 6) is 0.372. The molecule has 1 aromatic rings. The van der Waals surface area contributed by atoms with Crippen molar-refractivity contribution >= 4 is 12.0 Å². The Labute approximate surface area is 125 Å². The summed E-state index contributed by atoms with van der Waals surface area (Å²) < 4.78 is 10.4. The number of nitrogens with zero attached hydrogens (tertiary/aromatic N) is 1. The fraction of sp³-hybridized carbons (Fsp3) is 0.438. The third kappa shape index (κ3) is 5.85. The van der Waals surface area contributed by atoms with Crippen molar-refractivity contribution in [2.24, 2.45) is 0 Å². The first-order valence-corrected chi connectivity index (χ1v) is 6.73. The van der Waals surface area contributed by atoms with Gasteiger partial charge in [0.15, 0.2) is 0 Å². The Bertz CT molecular complexity index is 488. The molecule has 0 unspecified atom stereocenters. The minimum Gasteiger partial charge on any atom is -0.494 e. The van der Waals surface area contributed by atoms with Crippen molar-refractivity contribution in [3.63, 3.8) is 0 Å². The van der Waals surface area contributed by atoms with Gasteiger partial charge >= 0.3 is 6.09 Å². The highest BCUT2D eigenvalue weighted by molar-refractivity contribution is 5.92. The van der Waals surface area contributed by atoms with Gasteiger partial charge in [-0.1, -0.05) is 12.1 Å². The van der Waals surface area contributed by atoms with Gasteiger partial charge in [0.1, 0.15) is 11.4 Å². The fourth-order valence-electron chi connectivity index (χ4n) is 1.55. The Hall–Kier alpha value is -2.04. The number of carbonyl (C=O) groups is 2. The molecule has 2 amide bonds. The van der Waals surface area contributed by atoms with E-state index in [1.165, 1.54) is 7.05 Å². The van der Waals surface area contributed by atoms with Crippen LogP contribution in [0, 0.1) is 6.92 Å². The van der Waals surface area contributed by atoms with Gasteiger partial charge in [0.05, 0.1) is 13.0 Å². The number of rotatable bonds is 4. The topological polar surface area (TPSA) is 55.8 Å². The molecule has 0 N–H and O–H groups in total.